The molecule has 103 heavy (non-hydrogen) atoms. The Kier molecular flexibility index (Phi) is 37.2. The summed E-state index contributed by atoms with van der Waals surface area (Å²) in [6, 6.07) is 124. The van der Waals surface area contributed by atoms with Gasteiger partial charge in [0.2, 0.25) is 0 Å². The Morgan fingerprint density at radius 3 is 0.728 bits per heavy atom. The molecule has 0 aliphatic rings. The number of hydrogen-bond donors (Lipinski definition) is 0. The van der Waals surface area contributed by atoms with Crippen LogP contribution < -0.4 is 0 Å². The van der Waals surface area contributed by atoms with Crippen molar-refractivity contribution in [2.45, 2.75) is 7.43 Å². The molecule has 0 fully saturated rings. The van der Waals surface area contributed by atoms with Gasteiger partial charge in [0.25, 0.3) is 0 Å². The van der Waals surface area contributed by atoms with Gasteiger partial charge in [-0.05, 0) is 105 Å². The molecule has 512 valence electrons. The molecule has 0 unspecified atom stereocenters. The van der Waals surface area contributed by atoms with E-state index >= 15 is 0 Å². The molecule has 18 rings (SSSR count). The average molecular weight is 2090 g/mol. The summed E-state index contributed by atoms with van der Waals surface area (Å²) >= 11 is 3.32. The second kappa shape index (κ2) is 46.6. The Morgan fingerprint density at radius 1 is 0.204 bits per heavy atom. The van der Waals surface area contributed by atoms with E-state index in [-0.39, 0.29) is 91.7 Å². The first-order valence-electron chi connectivity index (χ1n) is 31.2. The van der Waals surface area contributed by atoms with Gasteiger partial charge in [0.1, 0.15) is 0 Å². The van der Waals surface area contributed by atoms with E-state index in [1.54, 1.807) is 59.9 Å². The number of thiophene rings is 2. The van der Waals surface area contributed by atoms with Gasteiger partial charge in [-0.25, -0.2) is 22.7 Å². The van der Waals surface area contributed by atoms with Crippen LogP contribution in [0.4, 0.5) is 0 Å². The molecule has 0 saturated heterocycles. The van der Waals surface area contributed by atoms with Gasteiger partial charge in [-0.15, -0.1) is 224 Å². The first-order chi connectivity index (χ1) is 48.7. The van der Waals surface area contributed by atoms with Gasteiger partial charge in [0, 0.05) is 49.6 Å². The molecule has 0 spiro atoms. The summed E-state index contributed by atoms with van der Waals surface area (Å²) in [4.78, 5) is 36.2. The maximum atomic E-state index is 4.38. The number of nitrogens with zero attached hydrogens (tertiary/aromatic N) is 8. The van der Waals surface area contributed by atoms with E-state index in [9.17, 15) is 0 Å². The van der Waals surface area contributed by atoms with E-state index in [1.807, 2.05) is 278 Å². The minimum atomic E-state index is 0. The van der Waals surface area contributed by atoms with Crippen molar-refractivity contribution in [1.82, 2.24) is 39.9 Å². The molecular weight excluding hydrogens is 2030 g/mol. The molecule has 0 atom stereocenters. The number of aromatic nitrogens is 8. The molecule has 8 aromatic carbocycles. The SMILES string of the molecule is C.[Pt+2].[Pt+2].[Pt+2].[Pt+2].[c-]1cccc2ccc3cccnc3c12.[c-]1cccc2ccc3cccnc3c12.[c-]1ccccc1-c1ccccn1.[c-]1ccccc1-c1ccccn1.[c-]1ccccc1-c1ccccn1.[c-]1ccccc1-c1ccccn1.[c-]1ccsc1-c1ccccn1.[c-]1ccsc1-c1ccccn1. The van der Waals surface area contributed by atoms with Gasteiger partial charge in [-0.2, -0.15) is 24.3 Å². The van der Waals surface area contributed by atoms with Crippen LogP contribution in [-0.4, -0.2) is 39.9 Å². The molecule has 0 aliphatic heterocycles. The van der Waals surface area contributed by atoms with E-state index in [0.29, 0.717) is 0 Å². The van der Waals surface area contributed by atoms with Gasteiger partial charge in [-0.3, -0.25) is 0 Å². The fraction of sp³-hybridized carbons (Fsp3) is 0.0112. The van der Waals surface area contributed by atoms with E-state index in [0.717, 1.165) is 88.0 Å². The zero-order chi connectivity index (χ0) is 66.7. The summed E-state index contributed by atoms with van der Waals surface area (Å²) in [5.74, 6) is 0. The minimum absolute atomic E-state index is 0. The number of hydrogen-bond acceptors (Lipinski definition) is 10. The van der Waals surface area contributed by atoms with Crippen LogP contribution >= 0.6 is 22.7 Å². The monoisotopic (exact) mass is 2090 g/mol. The average Bonchev–Trinajstić information content (AvgIpc) is 1.24. The van der Waals surface area contributed by atoms with Crippen LogP contribution in [0.15, 0.2) is 364 Å². The molecule has 0 amide bonds. The molecule has 0 bridgehead atoms. The third-order valence-corrected chi connectivity index (χ3v) is 15.8. The zero-order valence-electron chi connectivity index (χ0n) is 54.3. The summed E-state index contributed by atoms with van der Waals surface area (Å²) in [6.45, 7) is 0. The number of pyridine rings is 8. The second-order valence-corrected chi connectivity index (χ2v) is 22.6. The number of rotatable bonds is 6. The predicted octanol–water partition coefficient (Wildman–Crippen LogP) is 22.4. The van der Waals surface area contributed by atoms with E-state index in [2.05, 4.69) is 137 Å². The van der Waals surface area contributed by atoms with E-state index in [4.69, 9.17) is 0 Å². The summed E-state index contributed by atoms with van der Waals surface area (Å²) in [5, 5.41) is 10.9. The van der Waals surface area contributed by atoms with Crippen molar-refractivity contribution in [3.8, 4) is 66.2 Å². The maximum Gasteiger partial charge on any atom is 2.00 e. The topological polar surface area (TPSA) is 103 Å². The largest absolute Gasteiger partial charge is 2.00 e. The molecule has 0 N–H and O–H groups in total. The Morgan fingerprint density at radius 2 is 0.466 bits per heavy atom. The summed E-state index contributed by atoms with van der Waals surface area (Å²) < 4.78 is 0. The van der Waals surface area contributed by atoms with Gasteiger partial charge >= 0.3 is 84.3 Å². The van der Waals surface area contributed by atoms with Crippen LogP contribution in [0.1, 0.15) is 7.43 Å². The Bertz CT molecular complexity index is 4440. The van der Waals surface area contributed by atoms with Gasteiger partial charge in [0.05, 0.1) is 0 Å². The van der Waals surface area contributed by atoms with E-state index in [1.165, 1.54) is 21.5 Å². The van der Waals surface area contributed by atoms with Crippen LogP contribution in [-0.2, 0) is 84.3 Å². The minimum Gasteiger partial charge on any atom is -0.319 e. The third-order valence-electron chi connectivity index (χ3n) is 14.1. The molecule has 8 nitrogen and oxygen atoms in total. The quantitative estimate of drug-likeness (QED) is 0.120. The zero-order valence-corrected chi connectivity index (χ0v) is 65.0. The van der Waals surface area contributed by atoms with Crippen LogP contribution in [0.2, 0.25) is 0 Å². The van der Waals surface area contributed by atoms with Crippen molar-refractivity contribution in [2.24, 2.45) is 0 Å². The fourth-order valence-corrected chi connectivity index (χ4v) is 10.8. The van der Waals surface area contributed by atoms with Crippen LogP contribution in [0.3, 0.4) is 0 Å². The predicted molar refractivity (Wildman–Crippen MR) is 410 cm³/mol. The molecule has 0 radical (unpaired) electrons. The van der Waals surface area contributed by atoms with Gasteiger partial charge < -0.3 is 39.9 Å². The van der Waals surface area contributed by atoms with E-state index < -0.39 is 0 Å². The second-order valence-electron chi connectivity index (χ2n) is 20.7. The Labute approximate surface area is 669 Å². The Balaban J connectivity index is 0.000000184. The normalized spacial score (nSPS) is 9.55. The maximum absolute atomic E-state index is 4.38. The third kappa shape index (κ3) is 25.9. The van der Waals surface area contributed by atoms with Gasteiger partial charge in [-0.1, -0.05) is 126 Å². The molecule has 0 aliphatic carbocycles. The molecule has 18 aromatic rings. The summed E-state index contributed by atoms with van der Waals surface area (Å²) in [5.41, 5.74) is 12.1. The molecule has 10 heterocycles. The molecular formula is C89H64N8Pt4S2. The van der Waals surface area contributed by atoms with Crippen LogP contribution in [0.25, 0.3) is 110 Å². The van der Waals surface area contributed by atoms with Crippen molar-refractivity contribution in [2.75, 3.05) is 0 Å². The van der Waals surface area contributed by atoms with Crippen molar-refractivity contribution in [1.29, 1.82) is 0 Å². The van der Waals surface area contributed by atoms with Crippen LogP contribution in [0, 0.1) is 48.5 Å². The first-order valence-corrected chi connectivity index (χ1v) is 33.0. The smallest absolute Gasteiger partial charge is 0.319 e. The van der Waals surface area contributed by atoms with Crippen molar-refractivity contribution < 1.29 is 84.3 Å². The number of fused-ring (bicyclic) bond motifs is 6. The van der Waals surface area contributed by atoms with Crippen LogP contribution in [0.5, 0.6) is 0 Å². The van der Waals surface area contributed by atoms with Crippen molar-refractivity contribution in [3.63, 3.8) is 0 Å². The first kappa shape index (κ1) is 82.1. The number of benzene rings is 8. The standard InChI is InChI=1S/2C13H8N.4C11H8N.2C9H6NS.CH4.4Pt/c2*1-2-6-12-10(4-1)7-8-11-5-3-9-14-13(11)12;4*1-2-6-10(7-3-1)11-8-4-5-9-12-11;2*1-2-6-10-8(4-1)9-5-3-7-11-9;;;;;/h2*1-5,7-9H;4*1-6,8-9H;2*1-4,6-7H;1H4;;;;/q8*-1;;4*+2. The summed E-state index contributed by atoms with van der Waals surface area (Å²) in [6.07, 6.45) is 14.4. The molecule has 0 saturated carbocycles. The molecule has 10 aromatic heterocycles. The Hall–Kier alpha value is -9.85. The van der Waals surface area contributed by atoms with Crippen molar-refractivity contribution >= 4 is 66.0 Å². The van der Waals surface area contributed by atoms with Gasteiger partial charge in [0.15, 0.2) is 0 Å². The molecule has 14 heteroatoms. The fourth-order valence-electron chi connectivity index (χ4n) is 9.52. The van der Waals surface area contributed by atoms with Crippen molar-refractivity contribution in [3.05, 3.63) is 412 Å². The summed E-state index contributed by atoms with van der Waals surface area (Å²) in [7, 11) is 0.